The Morgan fingerprint density at radius 3 is 2.61 bits per heavy atom. The van der Waals surface area contributed by atoms with E-state index in [2.05, 4.69) is 11.4 Å². The van der Waals surface area contributed by atoms with Crippen LogP contribution in [0.2, 0.25) is 0 Å². The van der Waals surface area contributed by atoms with E-state index in [1.807, 2.05) is 49.4 Å². The molecule has 1 heterocycles. The van der Waals surface area contributed by atoms with Gasteiger partial charge in [-0.15, -0.1) is 0 Å². The first-order valence-electron chi connectivity index (χ1n) is 9.19. The van der Waals surface area contributed by atoms with Gasteiger partial charge in [0.05, 0.1) is 7.11 Å². The lowest BCUT2D eigenvalue weighted by atomic mass is 9.93. The number of nitrogens with one attached hydrogen (secondary N) is 1. The molecule has 1 aliphatic carbocycles. The summed E-state index contributed by atoms with van der Waals surface area (Å²) < 4.78 is 11.3. The number of nitriles is 1. The predicted octanol–water partition coefficient (Wildman–Crippen LogP) is 3.99. The second kappa shape index (κ2) is 7.24. The van der Waals surface area contributed by atoms with Crippen LogP contribution in [0.15, 0.2) is 54.1 Å². The molecule has 0 unspecified atom stereocenters. The highest BCUT2D eigenvalue weighted by atomic mass is 16.5. The molecule has 1 saturated carbocycles. The Bertz CT molecular complexity index is 1040. The van der Waals surface area contributed by atoms with Crippen LogP contribution in [0, 0.1) is 18.3 Å². The number of carbonyl (C=O) groups excluding carboxylic acids is 1. The van der Waals surface area contributed by atoms with Gasteiger partial charge in [-0.25, -0.2) is 0 Å². The predicted molar refractivity (Wildman–Crippen MR) is 106 cm³/mol. The maximum absolute atomic E-state index is 12.7. The minimum absolute atomic E-state index is 0.105. The summed E-state index contributed by atoms with van der Waals surface area (Å²) in [6.07, 6.45) is 3.70. The van der Waals surface area contributed by atoms with Gasteiger partial charge in [0, 0.05) is 22.7 Å². The van der Waals surface area contributed by atoms with Crippen LogP contribution in [0.25, 0.3) is 11.3 Å². The smallest absolute Gasteiger partial charge is 0.262 e. The van der Waals surface area contributed by atoms with E-state index < -0.39 is 0 Å². The van der Waals surface area contributed by atoms with E-state index in [0.717, 1.165) is 35.3 Å². The normalized spacial score (nSPS) is 16.8. The molecule has 0 radical (unpaired) electrons. The summed E-state index contributed by atoms with van der Waals surface area (Å²) in [5, 5.41) is 12.7. The maximum Gasteiger partial charge on any atom is 0.262 e. The van der Waals surface area contributed by atoms with Crippen LogP contribution in [-0.4, -0.2) is 19.1 Å². The van der Waals surface area contributed by atoms with Crippen molar-refractivity contribution in [2.75, 3.05) is 7.11 Å². The van der Waals surface area contributed by atoms with Gasteiger partial charge in [0.1, 0.15) is 28.9 Å². The Kier molecular flexibility index (Phi) is 4.62. The van der Waals surface area contributed by atoms with Crippen molar-refractivity contribution in [3.8, 4) is 17.6 Å². The van der Waals surface area contributed by atoms with Gasteiger partial charge in [0.25, 0.3) is 5.91 Å². The van der Waals surface area contributed by atoms with E-state index in [0.29, 0.717) is 17.1 Å². The molecular formula is C23H20N2O3. The Hall–Kier alpha value is -3.52. The number of methoxy groups -OCH3 is 1. The number of hydrogen-bond donors (Lipinski definition) is 1. The number of fused-ring (bicyclic) bond motifs is 1. The Balaban J connectivity index is 1.83. The van der Waals surface area contributed by atoms with Crippen molar-refractivity contribution in [3.63, 3.8) is 0 Å². The summed E-state index contributed by atoms with van der Waals surface area (Å²) in [4.78, 5) is 12.7. The van der Waals surface area contributed by atoms with Crippen molar-refractivity contribution in [1.29, 1.82) is 5.26 Å². The van der Waals surface area contributed by atoms with E-state index in [4.69, 9.17) is 9.47 Å². The number of allylic oxidation sites excluding steroid dienone is 2. The molecule has 2 aromatic carbocycles. The average molecular weight is 372 g/mol. The number of amides is 1. The standard InChI is InChI=1S/C23H20N2O3/c1-14-3-10-21-19(11-14)18(20(13-24)23(26)25-16-6-7-16)12-22(28-21)15-4-8-17(27-2)9-5-15/h3-5,8-12,16H,6-7H2,1-2H3,(H,25,26)/b20-18-. The fourth-order valence-corrected chi connectivity index (χ4v) is 3.12. The van der Waals surface area contributed by atoms with Crippen molar-refractivity contribution in [2.45, 2.75) is 25.8 Å². The zero-order valence-electron chi connectivity index (χ0n) is 15.8. The molecule has 2 aliphatic rings. The number of carbonyl (C=O) groups is 1. The van der Waals surface area contributed by atoms with E-state index >= 15 is 0 Å². The summed E-state index contributed by atoms with van der Waals surface area (Å²) in [5.74, 6) is 1.62. The highest BCUT2D eigenvalue weighted by Crippen LogP contribution is 2.39. The highest BCUT2D eigenvalue weighted by Gasteiger charge is 2.28. The van der Waals surface area contributed by atoms with Crippen LogP contribution in [-0.2, 0) is 4.79 Å². The average Bonchev–Trinajstić information content (AvgIpc) is 3.52. The van der Waals surface area contributed by atoms with E-state index in [1.54, 1.807) is 13.2 Å². The third-order valence-corrected chi connectivity index (χ3v) is 4.82. The molecule has 5 nitrogen and oxygen atoms in total. The van der Waals surface area contributed by atoms with Gasteiger partial charge < -0.3 is 14.8 Å². The van der Waals surface area contributed by atoms with Crippen LogP contribution in [0.3, 0.4) is 0 Å². The molecule has 0 aromatic heterocycles. The zero-order chi connectivity index (χ0) is 19.7. The monoisotopic (exact) mass is 372 g/mol. The third kappa shape index (κ3) is 3.49. The van der Waals surface area contributed by atoms with Gasteiger partial charge in [0.15, 0.2) is 0 Å². The molecule has 4 rings (SSSR count). The summed E-state index contributed by atoms with van der Waals surface area (Å²) >= 11 is 0. The Morgan fingerprint density at radius 1 is 1.21 bits per heavy atom. The number of aryl methyl sites for hydroxylation is 1. The Morgan fingerprint density at radius 2 is 1.96 bits per heavy atom. The maximum atomic E-state index is 12.7. The molecule has 28 heavy (non-hydrogen) atoms. The van der Waals surface area contributed by atoms with Gasteiger partial charge in [-0.05, 0) is 62.2 Å². The minimum Gasteiger partial charge on any atom is -0.497 e. The molecule has 1 aliphatic heterocycles. The largest absolute Gasteiger partial charge is 0.497 e. The minimum atomic E-state index is -0.334. The SMILES string of the molecule is COc1ccc(C2=C/C(=C(\C#N)C(=O)NC3CC3)c3cc(C)ccc3O2)cc1. The number of benzene rings is 2. The molecule has 0 spiro atoms. The van der Waals surface area contributed by atoms with E-state index in [1.165, 1.54) is 0 Å². The van der Waals surface area contributed by atoms with Gasteiger partial charge in [-0.3, -0.25) is 4.79 Å². The first-order valence-corrected chi connectivity index (χ1v) is 9.19. The fraction of sp³-hybridized carbons (Fsp3) is 0.217. The lowest BCUT2D eigenvalue weighted by Gasteiger charge is -2.22. The third-order valence-electron chi connectivity index (χ3n) is 4.82. The first kappa shape index (κ1) is 17.9. The summed E-state index contributed by atoms with van der Waals surface area (Å²) in [7, 11) is 1.61. The topological polar surface area (TPSA) is 71.3 Å². The molecule has 0 atom stereocenters. The quantitative estimate of drug-likeness (QED) is 0.651. The molecule has 0 bridgehead atoms. The van der Waals surface area contributed by atoms with Gasteiger partial charge in [-0.1, -0.05) is 11.6 Å². The van der Waals surface area contributed by atoms with E-state index in [-0.39, 0.29) is 17.5 Å². The highest BCUT2D eigenvalue weighted by molar-refractivity contribution is 6.09. The molecule has 5 heteroatoms. The number of ether oxygens (including phenoxy) is 2. The van der Waals surface area contributed by atoms with Gasteiger partial charge in [0.2, 0.25) is 0 Å². The molecule has 140 valence electrons. The number of rotatable bonds is 4. The summed E-state index contributed by atoms with van der Waals surface area (Å²) in [5.41, 5.74) is 3.30. The molecule has 1 N–H and O–H groups in total. The molecule has 1 fully saturated rings. The lowest BCUT2D eigenvalue weighted by molar-refractivity contribution is -0.117. The van der Waals surface area contributed by atoms with Crippen molar-refractivity contribution < 1.29 is 14.3 Å². The summed E-state index contributed by atoms with van der Waals surface area (Å²) in [6, 6.07) is 15.5. The first-order chi connectivity index (χ1) is 13.6. The van der Waals surface area contributed by atoms with Crippen molar-refractivity contribution in [1.82, 2.24) is 5.32 Å². The zero-order valence-corrected chi connectivity index (χ0v) is 15.8. The second-order valence-corrected chi connectivity index (χ2v) is 6.99. The van der Waals surface area contributed by atoms with Crippen LogP contribution < -0.4 is 14.8 Å². The second-order valence-electron chi connectivity index (χ2n) is 6.99. The van der Waals surface area contributed by atoms with Crippen molar-refractivity contribution in [3.05, 3.63) is 70.8 Å². The molecule has 1 amide bonds. The fourth-order valence-electron chi connectivity index (χ4n) is 3.12. The Labute approximate surface area is 163 Å². The van der Waals surface area contributed by atoms with Crippen molar-refractivity contribution >= 4 is 17.2 Å². The molecule has 0 saturated heterocycles. The van der Waals surface area contributed by atoms with Crippen molar-refractivity contribution in [2.24, 2.45) is 0 Å². The molecular weight excluding hydrogens is 352 g/mol. The molecule has 2 aromatic rings. The van der Waals surface area contributed by atoms with Crippen LogP contribution in [0.5, 0.6) is 11.5 Å². The van der Waals surface area contributed by atoms with Gasteiger partial charge in [-0.2, -0.15) is 5.26 Å². The number of hydrogen-bond acceptors (Lipinski definition) is 4. The summed E-state index contributed by atoms with van der Waals surface area (Å²) in [6.45, 7) is 1.97. The van der Waals surface area contributed by atoms with E-state index in [9.17, 15) is 10.1 Å². The lowest BCUT2D eigenvalue weighted by Crippen LogP contribution is -2.27. The number of nitrogens with zero attached hydrogens (tertiary/aromatic N) is 1. The van der Waals surface area contributed by atoms with Gasteiger partial charge >= 0.3 is 0 Å². The van der Waals surface area contributed by atoms with Crippen LogP contribution in [0.4, 0.5) is 0 Å². The van der Waals surface area contributed by atoms with Crippen LogP contribution >= 0.6 is 0 Å². The van der Waals surface area contributed by atoms with Crippen LogP contribution in [0.1, 0.15) is 29.5 Å².